The van der Waals surface area contributed by atoms with Crippen LogP contribution in [0.5, 0.6) is 0 Å². The predicted octanol–water partition coefficient (Wildman–Crippen LogP) is 10.3. The molecule has 298 valence electrons. The van der Waals surface area contributed by atoms with Crippen LogP contribution in [0.1, 0.15) is 22.3 Å². The van der Waals surface area contributed by atoms with E-state index in [2.05, 4.69) is 239 Å². The lowest BCUT2D eigenvalue weighted by atomic mass is 9.60. The van der Waals surface area contributed by atoms with Gasteiger partial charge in [-0.15, -0.1) is 0 Å². The van der Waals surface area contributed by atoms with Crippen LogP contribution >= 0.6 is 0 Å². The van der Waals surface area contributed by atoms with Crippen LogP contribution in [0.25, 0.3) is 16.7 Å². The third-order valence-corrected chi connectivity index (χ3v) is 12.8. The SMILES string of the molecule is Cc1cccc(C)c1B1N(c2ccccc2)c2ccc(-n3[c-][n+](C)c4ccccc43)cc2N1c1cccc(N2B(c3c(C)cccc3C)N(c3ccccc3)c3cccnc32)c1. The number of aryl methyl sites for hydroxylation is 5. The maximum absolute atomic E-state index is 5.15. The summed E-state index contributed by atoms with van der Waals surface area (Å²) in [6, 6.07) is 63.6. The van der Waals surface area contributed by atoms with Crippen molar-refractivity contribution in [2.45, 2.75) is 27.7 Å². The first kappa shape index (κ1) is 37.5. The van der Waals surface area contributed by atoms with Crippen LogP contribution in [0.3, 0.4) is 0 Å². The van der Waals surface area contributed by atoms with Gasteiger partial charge in [0.05, 0.1) is 35.1 Å². The van der Waals surface area contributed by atoms with Crippen molar-refractivity contribution in [2.75, 3.05) is 19.2 Å². The summed E-state index contributed by atoms with van der Waals surface area (Å²) in [7, 11) is 2.06. The van der Waals surface area contributed by atoms with E-state index in [4.69, 9.17) is 4.98 Å². The molecule has 2 aliphatic heterocycles. The van der Waals surface area contributed by atoms with Gasteiger partial charge in [0.15, 0.2) is 0 Å². The minimum Gasteiger partial charge on any atom is -0.360 e. The number of benzene rings is 7. The molecule has 0 radical (unpaired) electrons. The molecule has 0 bridgehead atoms. The Balaban J connectivity index is 1.16. The molecule has 0 fully saturated rings. The van der Waals surface area contributed by atoms with Crippen molar-refractivity contribution in [3.8, 4) is 5.69 Å². The lowest BCUT2D eigenvalue weighted by Gasteiger charge is -2.34. The number of hydrogen-bond acceptors (Lipinski definition) is 5. The molecule has 9 heteroatoms. The monoisotopic (exact) mass is 801 g/mol. The normalized spacial score (nSPS) is 13.4. The topological polar surface area (TPSA) is 34.7 Å². The zero-order valence-electron chi connectivity index (χ0n) is 35.6. The van der Waals surface area contributed by atoms with Gasteiger partial charge in [0.25, 0.3) is 0 Å². The van der Waals surface area contributed by atoms with E-state index in [9.17, 15) is 0 Å². The highest BCUT2D eigenvalue weighted by Gasteiger charge is 2.48. The van der Waals surface area contributed by atoms with Gasteiger partial charge in [0.2, 0.25) is 6.33 Å². The second kappa shape index (κ2) is 14.9. The van der Waals surface area contributed by atoms with Crippen molar-refractivity contribution in [2.24, 2.45) is 7.05 Å². The summed E-state index contributed by atoms with van der Waals surface area (Å²) in [5, 5.41) is 0. The molecule has 62 heavy (non-hydrogen) atoms. The highest BCUT2D eigenvalue weighted by Crippen LogP contribution is 2.50. The van der Waals surface area contributed by atoms with Gasteiger partial charge in [-0.05, 0) is 105 Å². The fourth-order valence-corrected chi connectivity index (χ4v) is 10.0. The zero-order valence-corrected chi connectivity index (χ0v) is 35.6. The van der Waals surface area contributed by atoms with Gasteiger partial charge in [-0.3, -0.25) is 0 Å². The predicted molar refractivity (Wildman–Crippen MR) is 258 cm³/mol. The summed E-state index contributed by atoms with van der Waals surface area (Å²) >= 11 is 0. The lowest BCUT2D eigenvalue weighted by Crippen LogP contribution is -2.55. The van der Waals surface area contributed by atoms with E-state index in [-0.39, 0.29) is 14.0 Å². The molecule has 0 aliphatic carbocycles. The second-order valence-corrected chi connectivity index (χ2v) is 16.5. The Morgan fingerprint density at radius 3 is 1.60 bits per heavy atom. The molecule has 0 unspecified atom stereocenters. The maximum atomic E-state index is 5.15. The van der Waals surface area contributed by atoms with E-state index >= 15 is 0 Å². The first-order valence-electron chi connectivity index (χ1n) is 21.3. The van der Waals surface area contributed by atoms with Gasteiger partial charge in [-0.1, -0.05) is 131 Å². The van der Waals surface area contributed by atoms with Crippen LogP contribution in [0.2, 0.25) is 0 Å². The molecule has 0 saturated carbocycles. The van der Waals surface area contributed by atoms with Crippen molar-refractivity contribution < 1.29 is 4.57 Å². The van der Waals surface area contributed by atoms with Gasteiger partial charge in [-0.2, -0.15) is 0 Å². The van der Waals surface area contributed by atoms with E-state index < -0.39 is 0 Å². The number of pyridine rings is 1. The Labute approximate surface area is 364 Å². The van der Waals surface area contributed by atoms with Crippen molar-refractivity contribution in [1.82, 2.24) is 9.55 Å². The van der Waals surface area contributed by atoms with Crippen LogP contribution < -0.4 is 34.7 Å². The highest BCUT2D eigenvalue weighted by atomic mass is 15.3. The maximum Gasteiger partial charge on any atom is 0.422 e. The Morgan fingerprint density at radius 1 is 0.435 bits per heavy atom. The van der Waals surface area contributed by atoms with Crippen LogP contribution in [-0.2, 0) is 7.05 Å². The number of anilines is 8. The Bertz CT molecular complexity index is 3110. The van der Waals surface area contributed by atoms with Gasteiger partial charge < -0.3 is 28.4 Å². The summed E-state index contributed by atoms with van der Waals surface area (Å²) in [6.45, 7) is 8.57. The standard InChI is InChI=1S/C53H45B2N7/c1-37-18-14-19-38(2)51(37)54-59(41-22-8-6-9-23-41)48-32-31-43(58-36-57(5)46-28-12-13-29-47(46)58)35-50(48)61(54)44-26-16-27-45(34-44)62-53-49(30-17-33-56-53)60(42-24-10-7-11-25-42)55(62)52-39(3)20-15-21-40(52)4/h6-35H,1-5H3. The second-order valence-electron chi connectivity index (χ2n) is 16.5. The Hall–Kier alpha value is -7.51. The van der Waals surface area contributed by atoms with E-state index in [1.54, 1.807) is 0 Å². The molecule has 7 aromatic carbocycles. The molecule has 9 aromatic rings. The summed E-state index contributed by atoms with van der Waals surface area (Å²) < 4.78 is 4.26. The van der Waals surface area contributed by atoms with E-state index in [1.807, 2.05) is 12.3 Å². The third kappa shape index (κ3) is 5.91. The molecule has 2 aliphatic rings. The Morgan fingerprint density at radius 2 is 0.952 bits per heavy atom. The smallest absolute Gasteiger partial charge is 0.360 e. The summed E-state index contributed by atoms with van der Waals surface area (Å²) in [5.41, 5.74) is 18.5. The number of hydrogen-bond donors (Lipinski definition) is 0. The number of imidazole rings is 1. The molecule has 0 spiro atoms. The number of aromatic nitrogens is 3. The number of rotatable bonds is 7. The molecule has 0 saturated heterocycles. The minimum absolute atomic E-state index is 0.190. The summed E-state index contributed by atoms with van der Waals surface area (Å²) in [6.07, 6.45) is 5.52. The van der Waals surface area contributed by atoms with E-state index in [1.165, 1.54) is 33.2 Å². The first-order chi connectivity index (χ1) is 30.4. The average molecular weight is 802 g/mol. The van der Waals surface area contributed by atoms with Crippen molar-refractivity contribution in [1.29, 1.82) is 0 Å². The molecular formula is C53H45B2N7. The van der Waals surface area contributed by atoms with Crippen LogP contribution in [0, 0.1) is 34.0 Å². The zero-order chi connectivity index (χ0) is 42.1. The lowest BCUT2D eigenvalue weighted by molar-refractivity contribution is -0.649. The highest BCUT2D eigenvalue weighted by molar-refractivity contribution is 6.86. The Kier molecular flexibility index (Phi) is 9.00. The van der Waals surface area contributed by atoms with Crippen molar-refractivity contribution in [3.05, 3.63) is 211 Å². The summed E-state index contributed by atoms with van der Waals surface area (Å²) in [5.74, 6) is 0.922. The van der Waals surface area contributed by atoms with E-state index in [0.29, 0.717) is 0 Å². The average Bonchev–Trinajstić information content (AvgIpc) is 3.94. The van der Waals surface area contributed by atoms with Crippen LogP contribution in [0.15, 0.2) is 182 Å². The number of nitrogens with zero attached hydrogens (tertiary/aromatic N) is 7. The van der Waals surface area contributed by atoms with Gasteiger partial charge in [-0.25, -0.2) is 4.98 Å². The molecule has 0 amide bonds. The molecule has 2 aromatic heterocycles. The van der Waals surface area contributed by atoms with Crippen molar-refractivity contribution in [3.63, 3.8) is 0 Å². The van der Waals surface area contributed by atoms with Gasteiger partial charge in [0.1, 0.15) is 5.82 Å². The molecule has 0 atom stereocenters. The summed E-state index contributed by atoms with van der Waals surface area (Å²) in [4.78, 5) is 15.1. The van der Waals surface area contributed by atoms with Crippen LogP contribution in [-0.4, -0.2) is 23.5 Å². The largest absolute Gasteiger partial charge is 0.422 e. The fourth-order valence-electron chi connectivity index (χ4n) is 10.0. The number of para-hydroxylation sites is 4. The molecule has 4 heterocycles. The van der Waals surface area contributed by atoms with Crippen LogP contribution in [0.4, 0.5) is 45.6 Å². The third-order valence-electron chi connectivity index (χ3n) is 12.8. The van der Waals surface area contributed by atoms with Gasteiger partial charge >= 0.3 is 14.0 Å². The van der Waals surface area contributed by atoms with E-state index in [0.717, 1.165) is 62.4 Å². The van der Waals surface area contributed by atoms with Crippen molar-refractivity contribution >= 4 is 81.6 Å². The fraction of sp³-hybridized carbons (Fsp3) is 0.0943. The molecule has 7 nitrogen and oxygen atoms in total. The number of fused-ring (bicyclic) bond motifs is 3. The first-order valence-corrected chi connectivity index (χ1v) is 21.3. The molecule has 11 rings (SSSR count). The minimum atomic E-state index is -0.195. The molecular weight excluding hydrogens is 756 g/mol. The quantitative estimate of drug-likeness (QED) is 0.0911. The van der Waals surface area contributed by atoms with Gasteiger partial charge in [0, 0.05) is 34.6 Å². The molecule has 0 N–H and O–H groups in total.